The number of fused-ring (bicyclic) bond motifs is 5. The number of hydrogen-bond acceptors (Lipinski definition) is 8. The number of aryl methyl sites for hydroxylation is 1. The van der Waals surface area contributed by atoms with E-state index in [2.05, 4.69) is 20.2 Å². The van der Waals surface area contributed by atoms with Gasteiger partial charge in [-0.3, -0.25) is 23.2 Å². The van der Waals surface area contributed by atoms with Gasteiger partial charge in [-0.15, -0.1) is 4.40 Å². The lowest BCUT2D eigenvalue weighted by molar-refractivity contribution is -0.122. The van der Waals surface area contributed by atoms with E-state index in [4.69, 9.17) is 21.3 Å². The summed E-state index contributed by atoms with van der Waals surface area (Å²) in [6.45, 7) is -1.22. The second-order valence-corrected chi connectivity index (χ2v) is 17.4. The van der Waals surface area contributed by atoms with Crippen LogP contribution in [0.1, 0.15) is 66.0 Å². The van der Waals surface area contributed by atoms with Crippen molar-refractivity contribution in [2.24, 2.45) is 16.2 Å². The van der Waals surface area contributed by atoms with Gasteiger partial charge in [0.2, 0.25) is 5.91 Å². The number of benzene rings is 2. The zero-order valence-corrected chi connectivity index (χ0v) is 33.8. The lowest BCUT2D eigenvalue weighted by Crippen LogP contribution is -2.43. The molecule has 1 saturated heterocycles. The van der Waals surface area contributed by atoms with E-state index in [0.29, 0.717) is 6.07 Å². The zero-order chi connectivity index (χ0) is 43.7. The maximum Gasteiger partial charge on any atom is 0.293 e. The minimum absolute atomic E-state index is 0.00185. The second-order valence-electron chi connectivity index (χ2n) is 15.3. The Bertz CT molecular complexity index is 2700. The quantitative estimate of drug-likeness (QED) is 0.114. The fourth-order valence-corrected chi connectivity index (χ4v) is 9.24. The summed E-state index contributed by atoms with van der Waals surface area (Å²) in [5.74, 6) is -9.17. The number of allylic oxidation sites excluding steroid dienone is 2. The van der Waals surface area contributed by atoms with Crippen molar-refractivity contribution in [3.8, 4) is 5.75 Å². The Morgan fingerprint density at radius 2 is 1.89 bits per heavy atom. The second kappa shape index (κ2) is 15.9. The number of nitrogens with zero attached hydrogens (tertiary/aromatic N) is 6. The molecule has 0 spiro atoms. The van der Waals surface area contributed by atoms with E-state index in [1.54, 1.807) is 7.05 Å². The normalized spacial score (nSPS) is 22.7. The highest BCUT2D eigenvalue weighted by atomic mass is 35.5. The lowest BCUT2D eigenvalue weighted by atomic mass is 9.91. The van der Waals surface area contributed by atoms with Crippen LogP contribution in [0.2, 0.25) is 0 Å². The number of carbonyl (C=O) groups excluding carboxylic acids is 1. The summed E-state index contributed by atoms with van der Waals surface area (Å²) in [5.41, 5.74) is 0.685. The molecule has 0 bridgehead atoms. The molecule has 0 radical (unpaired) electrons. The summed E-state index contributed by atoms with van der Waals surface area (Å²) in [6.07, 6.45) is -0.257. The van der Waals surface area contributed by atoms with Crippen molar-refractivity contribution in [1.82, 2.24) is 35.1 Å². The first-order chi connectivity index (χ1) is 28.9. The molecule has 3 aliphatic carbocycles. The van der Waals surface area contributed by atoms with Crippen LogP contribution in [-0.4, -0.2) is 77.1 Å². The molecule has 2 aromatic carbocycles. The van der Waals surface area contributed by atoms with Crippen molar-refractivity contribution in [1.29, 1.82) is 0 Å². The van der Waals surface area contributed by atoms with Gasteiger partial charge in [0, 0.05) is 60.7 Å². The van der Waals surface area contributed by atoms with Gasteiger partial charge in [0.15, 0.2) is 0 Å². The van der Waals surface area contributed by atoms with Crippen LogP contribution in [0.5, 0.6) is 5.75 Å². The van der Waals surface area contributed by atoms with Gasteiger partial charge in [0.25, 0.3) is 27.9 Å². The van der Waals surface area contributed by atoms with E-state index in [1.807, 2.05) is 0 Å². The topological polar surface area (TPSA) is 153 Å². The molecule has 2 fully saturated rings. The Kier molecular flexibility index (Phi) is 11.0. The molecule has 4 aliphatic rings. The molecule has 324 valence electrons. The number of likely N-dealkylation sites (N-methyl/N-ethyl adjacent to an activating group) is 1. The Morgan fingerprint density at radius 1 is 1.15 bits per heavy atom. The van der Waals surface area contributed by atoms with Crippen LogP contribution in [0.15, 0.2) is 62.8 Å². The maximum absolute atomic E-state index is 15.3. The number of halogens is 8. The van der Waals surface area contributed by atoms with Gasteiger partial charge in [-0.1, -0.05) is 11.6 Å². The molecule has 61 heavy (non-hydrogen) atoms. The van der Waals surface area contributed by atoms with Crippen LogP contribution in [0, 0.1) is 23.5 Å². The molecule has 13 nitrogen and oxygen atoms in total. The Balaban J connectivity index is 1.24. The summed E-state index contributed by atoms with van der Waals surface area (Å²) in [4.78, 5) is 33.6. The van der Waals surface area contributed by atoms with Gasteiger partial charge in [-0.2, -0.15) is 13.9 Å². The number of aromatic nitrogens is 4. The number of hydrogen-bond donors (Lipinski definition) is 2. The number of amidine groups is 1. The molecule has 1 amide bonds. The minimum atomic E-state index is -3.97. The van der Waals surface area contributed by atoms with Gasteiger partial charge < -0.3 is 15.5 Å². The fraction of sp³-hybridized carbons (Fsp3) is 0.410. The first kappa shape index (κ1) is 42.4. The molecule has 3 heterocycles. The average Bonchev–Trinajstić information content (AvgIpc) is 3.70. The SMILES string of the molecule is CN1NC(=NS(C)(=O)=O)C2C(Cl)=CC=C(n3c([C@H](Cc4cc(F)cc(F)c4)NC(=O)CCn4nc(C(F)F)c5c4C(F)(F)[C@@H]4C[C@H]54)nc4cc(OCCCF)ccc4c3=O)C21. The smallest absolute Gasteiger partial charge is 0.293 e. The van der Waals surface area contributed by atoms with Gasteiger partial charge in [-0.25, -0.2) is 36.0 Å². The highest BCUT2D eigenvalue weighted by molar-refractivity contribution is 7.89. The first-order valence-electron chi connectivity index (χ1n) is 19.0. The average molecular weight is 897 g/mol. The largest absolute Gasteiger partial charge is 0.493 e. The van der Waals surface area contributed by atoms with Crippen molar-refractivity contribution < 1.29 is 48.7 Å². The summed E-state index contributed by atoms with van der Waals surface area (Å²) in [7, 11) is -2.43. The van der Waals surface area contributed by atoms with Gasteiger partial charge in [0.1, 0.15) is 40.4 Å². The highest BCUT2D eigenvalue weighted by Gasteiger charge is 2.67. The monoisotopic (exact) mass is 896 g/mol. The maximum atomic E-state index is 15.3. The number of ether oxygens (including phenoxy) is 1. The molecule has 2 N–H and O–H groups in total. The van der Waals surface area contributed by atoms with Gasteiger partial charge in [-0.05, 0) is 54.3 Å². The zero-order valence-electron chi connectivity index (χ0n) is 32.2. The van der Waals surface area contributed by atoms with Crippen molar-refractivity contribution in [3.63, 3.8) is 0 Å². The van der Waals surface area contributed by atoms with Crippen LogP contribution in [-0.2, 0) is 33.7 Å². The third kappa shape index (κ3) is 8.02. The molecule has 1 saturated carbocycles. The molecule has 8 rings (SSSR count). The van der Waals surface area contributed by atoms with Crippen LogP contribution >= 0.6 is 11.6 Å². The predicted octanol–water partition coefficient (Wildman–Crippen LogP) is 6.02. The molecule has 22 heteroatoms. The summed E-state index contributed by atoms with van der Waals surface area (Å²) in [5, 5.41) is 8.14. The fourth-order valence-electron chi connectivity index (χ4n) is 8.44. The number of sulfonamides is 1. The van der Waals surface area contributed by atoms with Gasteiger partial charge in [0.05, 0.1) is 55.0 Å². The number of rotatable bonds is 14. The number of amides is 1. The van der Waals surface area contributed by atoms with E-state index >= 15 is 8.78 Å². The van der Waals surface area contributed by atoms with E-state index in [1.165, 1.54) is 35.4 Å². The van der Waals surface area contributed by atoms with Crippen molar-refractivity contribution in [3.05, 3.63) is 104 Å². The molecule has 4 aromatic rings. The van der Waals surface area contributed by atoms with E-state index in [0.717, 1.165) is 27.6 Å². The van der Waals surface area contributed by atoms with E-state index in [-0.39, 0.29) is 69.6 Å². The molecular weight excluding hydrogens is 861 g/mol. The Morgan fingerprint density at radius 3 is 2.57 bits per heavy atom. The summed E-state index contributed by atoms with van der Waals surface area (Å²) in [6, 6.07) is 4.53. The number of nitrogens with one attached hydrogen (secondary N) is 2. The number of carbonyl (C=O) groups is 1. The van der Waals surface area contributed by atoms with Crippen molar-refractivity contribution >= 4 is 50.0 Å². The molecule has 1 aliphatic heterocycles. The minimum Gasteiger partial charge on any atom is -0.493 e. The Hall–Kier alpha value is -5.28. The summed E-state index contributed by atoms with van der Waals surface area (Å²) >= 11 is 6.65. The third-order valence-electron chi connectivity index (χ3n) is 11.0. The highest BCUT2D eigenvalue weighted by Crippen LogP contribution is 2.68. The number of alkyl halides is 5. The lowest BCUT2D eigenvalue weighted by Gasteiger charge is -2.31. The predicted molar refractivity (Wildman–Crippen MR) is 208 cm³/mol. The first-order valence-corrected chi connectivity index (χ1v) is 21.2. The standard InChI is InChI=1S/C39H36ClF7N8O5S/c1-53-33-28(7-6-25(40)31(33)36(51-53)52-61(2,58)59)55-37(49-26-16-21(60-11-3-9-41)4-5-22(26)38(55)57)27(14-18-12-19(42)15-20(43)13-18)48-29(56)8-10-54-34-30(32(50-54)35(44)45)23-17-24(23)39(34,46)47/h4-7,12-13,15-16,23-24,27,31,33,35H,3,8-11,14,17H2,1-2H3,(H,48,56)(H,51,52)/t23-,24+,27-,31?,33?/m0/s1. The molecule has 2 aromatic heterocycles. The molecule has 2 unspecified atom stereocenters. The van der Waals surface area contributed by atoms with Crippen LogP contribution in [0.3, 0.4) is 0 Å². The van der Waals surface area contributed by atoms with Crippen molar-refractivity contribution in [2.75, 3.05) is 26.6 Å². The molecule has 5 atom stereocenters. The van der Waals surface area contributed by atoms with Gasteiger partial charge >= 0.3 is 0 Å². The van der Waals surface area contributed by atoms with Crippen LogP contribution in [0.25, 0.3) is 16.6 Å². The Labute approximate surface area is 347 Å². The summed E-state index contributed by atoms with van der Waals surface area (Å²) < 4.78 is 137. The van der Waals surface area contributed by atoms with Crippen LogP contribution < -0.4 is 21.0 Å². The number of hydrazine groups is 1. The third-order valence-corrected chi connectivity index (χ3v) is 11.9. The van der Waals surface area contributed by atoms with E-state index in [9.17, 15) is 40.0 Å². The van der Waals surface area contributed by atoms with Crippen LogP contribution in [0.4, 0.5) is 30.7 Å². The molecular formula is C39H36ClF7N8O5S. The van der Waals surface area contributed by atoms with Crippen molar-refractivity contribution in [2.45, 2.75) is 62.6 Å². The van der Waals surface area contributed by atoms with E-state index < -0.39 is 113 Å².